The molecule has 0 aliphatic heterocycles. The fraction of sp³-hybridized carbons (Fsp3) is 0.261. The highest BCUT2D eigenvalue weighted by Crippen LogP contribution is 2.17. The standard InChI is InChI=1S/C23H26N4O2/c1-17(2)14-15-24-22-13-12-21(26-27-22)23(28)25-19-8-10-20(11-9-19)29-16-18-6-4-3-5-7-18/h3-13,17H,14-16H2,1-2H3,(H,24,27)(H,25,28). The van der Waals surface area contributed by atoms with Gasteiger partial charge in [0.1, 0.15) is 18.2 Å². The van der Waals surface area contributed by atoms with E-state index in [1.54, 1.807) is 24.3 Å². The van der Waals surface area contributed by atoms with Gasteiger partial charge in [0.15, 0.2) is 5.69 Å². The van der Waals surface area contributed by atoms with Gasteiger partial charge in [0.25, 0.3) is 5.91 Å². The molecule has 2 aromatic carbocycles. The van der Waals surface area contributed by atoms with Crippen LogP contribution in [-0.2, 0) is 6.61 Å². The van der Waals surface area contributed by atoms with Crippen LogP contribution in [0.2, 0.25) is 0 Å². The van der Waals surface area contributed by atoms with Crippen LogP contribution in [0, 0.1) is 5.92 Å². The highest BCUT2D eigenvalue weighted by atomic mass is 16.5. The lowest BCUT2D eigenvalue weighted by atomic mass is 10.1. The normalized spacial score (nSPS) is 10.6. The highest BCUT2D eigenvalue weighted by Gasteiger charge is 2.09. The largest absolute Gasteiger partial charge is 0.489 e. The average molecular weight is 390 g/mol. The van der Waals surface area contributed by atoms with Crippen LogP contribution in [0.5, 0.6) is 5.75 Å². The van der Waals surface area contributed by atoms with Crippen molar-refractivity contribution in [1.29, 1.82) is 0 Å². The van der Waals surface area contributed by atoms with Gasteiger partial charge in [-0.2, -0.15) is 0 Å². The molecule has 3 rings (SSSR count). The molecular weight excluding hydrogens is 364 g/mol. The third kappa shape index (κ3) is 6.60. The smallest absolute Gasteiger partial charge is 0.276 e. The number of ether oxygens (including phenoxy) is 1. The molecule has 3 aromatic rings. The van der Waals surface area contributed by atoms with Crippen LogP contribution in [0.3, 0.4) is 0 Å². The van der Waals surface area contributed by atoms with Crippen molar-refractivity contribution in [3.05, 3.63) is 78.0 Å². The summed E-state index contributed by atoms with van der Waals surface area (Å²) < 4.78 is 5.75. The molecule has 0 aliphatic carbocycles. The number of hydrogen-bond acceptors (Lipinski definition) is 5. The van der Waals surface area contributed by atoms with Gasteiger partial charge in [0.05, 0.1) is 0 Å². The number of rotatable bonds is 9. The second-order valence-electron chi connectivity index (χ2n) is 7.17. The Morgan fingerprint density at radius 1 is 0.966 bits per heavy atom. The molecule has 0 bridgehead atoms. The van der Waals surface area contributed by atoms with Gasteiger partial charge in [-0.1, -0.05) is 44.2 Å². The van der Waals surface area contributed by atoms with E-state index in [2.05, 4.69) is 34.7 Å². The summed E-state index contributed by atoms with van der Waals surface area (Å²) in [7, 11) is 0. The van der Waals surface area contributed by atoms with E-state index in [0.717, 1.165) is 24.3 Å². The molecule has 0 spiro atoms. The summed E-state index contributed by atoms with van der Waals surface area (Å²) >= 11 is 0. The minimum absolute atomic E-state index is 0.267. The molecule has 0 saturated carbocycles. The maximum atomic E-state index is 12.4. The van der Waals surface area contributed by atoms with E-state index >= 15 is 0 Å². The second-order valence-corrected chi connectivity index (χ2v) is 7.17. The maximum absolute atomic E-state index is 12.4. The van der Waals surface area contributed by atoms with Crippen molar-refractivity contribution in [2.75, 3.05) is 17.2 Å². The lowest BCUT2D eigenvalue weighted by Crippen LogP contribution is -2.15. The molecule has 29 heavy (non-hydrogen) atoms. The van der Waals surface area contributed by atoms with Crippen LogP contribution in [0.1, 0.15) is 36.3 Å². The number of carbonyl (C=O) groups is 1. The molecule has 1 heterocycles. The Hall–Kier alpha value is -3.41. The van der Waals surface area contributed by atoms with Gasteiger partial charge in [0, 0.05) is 12.2 Å². The summed E-state index contributed by atoms with van der Waals surface area (Å²) in [6.45, 7) is 5.67. The maximum Gasteiger partial charge on any atom is 0.276 e. The topological polar surface area (TPSA) is 76.1 Å². The Bertz CT molecular complexity index is 894. The zero-order chi connectivity index (χ0) is 20.5. The number of anilines is 2. The lowest BCUT2D eigenvalue weighted by molar-refractivity contribution is 0.102. The molecule has 1 aromatic heterocycles. The second kappa shape index (κ2) is 10.2. The average Bonchev–Trinajstić information content (AvgIpc) is 2.74. The quantitative estimate of drug-likeness (QED) is 0.551. The Morgan fingerprint density at radius 2 is 1.72 bits per heavy atom. The number of hydrogen-bond donors (Lipinski definition) is 2. The third-order valence-electron chi connectivity index (χ3n) is 4.29. The predicted octanol–water partition coefficient (Wildman–Crippen LogP) is 4.77. The van der Waals surface area contributed by atoms with Crippen LogP contribution >= 0.6 is 0 Å². The highest BCUT2D eigenvalue weighted by molar-refractivity contribution is 6.02. The van der Waals surface area contributed by atoms with E-state index < -0.39 is 0 Å². The number of nitrogens with zero attached hydrogens (tertiary/aromatic N) is 2. The zero-order valence-corrected chi connectivity index (χ0v) is 16.8. The molecule has 150 valence electrons. The van der Waals surface area contributed by atoms with Gasteiger partial charge in [-0.15, -0.1) is 10.2 Å². The number of nitrogens with one attached hydrogen (secondary N) is 2. The summed E-state index contributed by atoms with van der Waals surface area (Å²) in [4.78, 5) is 12.4. The monoisotopic (exact) mass is 390 g/mol. The van der Waals surface area contributed by atoms with Crippen LogP contribution in [-0.4, -0.2) is 22.6 Å². The van der Waals surface area contributed by atoms with Crippen LogP contribution in [0.25, 0.3) is 0 Å². The first-order valence-electron chi connectivity index (χ1n) is 9.76. The number of aromatic nitrogens is 2. The van der Waals surface area contributed by atoms with E-state index in [0.29, 0.717) is 24.0 Å². The van der Waals surface area contributed by atoms with E-state index in [9.17, 15) is 4.79 Å². The van der Waals surface area contributed by atoms with Crippen molar-refractivity contribution in [2.45, 2.75) is 26.9 Å². The molecule has 6 nitrogen and oxygen atoms in total. The summed E-state index contributed by atoms with van der Waals surface area (Å²) in [6.07, 6.45) is 1.05. The van der Waals surface area contributed by atoms with E-state index in [4.69, 9.17) is 4.74 Å². The van der Waals surface area contributed by atoms with E-state index in [-0.39, 0.29) is 11.6 Å². The Morgan fingerprint density at radius 3 is 2.38 bits per heavy atom. The van der Waals surface area contributed by atoms with Crippen molar-refractivity contribution in [3.63, 3.8) is 0 Å². The Labute approximate surface area is 171 Å². The van der Waals surface area contributed by atoms with Crippen LogP contribution in [0.4, 0.5) is 11.5 Å². The lowest BCUT2D eigenvalue weighted by Gasteiger charge is -2.09. The Kier molecular flexibility index (Phi) is 7.16. The number of amides is 1. The molecule has 0 unspecified atom stereocenters. The molecule has 1 amide bonds. The third-order valence-corrected chi connectivity index (χ3v) is 4.29. The molecule has 6 heteroatoms. The van der Waals surface area contributed by atoms with Gasteiger partial charge in [-0.3, -0.25) is 4.79 Å². The number of benzene rings is 2. The summed E-state index contributed by atoms with van der Waals surface area (Å²) in [6, 6.07) is 20.6. The van der Waals surface area contributed by atoms with E-state index in [1.165, 1.54) is 0 Å². The van der Waals surface area contributed by atoms with Crippen molar-refractivity contribution >= 4 is 17.4 Å². The molecular formula is C23H26N4O2. The molecule has 0 saturated heterocycles. The molecule has 2 N–H and O–H groups in total. The fourth-order valence-corrected chi connectivity index (χ4v) is 2.61. The first kappa shape index (κ1) is 20.3. The molecule has 0 fully saturated rings. The summed E-state index contributed by atoms with van der Waals surface area (Å²) in [5.41, 5.74) is 2.04. The fourth-order valence-electron chi connectivity index (χ4n) is 2.61. The number of carbonyl (C=O) groups excluding carboxylic acids is 1. The molecule has 0 aliphatic rings. The first-order chi connectivity index (χ1) is 14.1. The summed E-state index contributed by atoms with van der Waals surface area (Å²) in [5, 5.41) is 14.1. The predicted molar refractivity (Wildman–Crippen MR) is 115 cm³/mol. The van der Waals surface area contributed by atoms with Crippen LogP contribution in [0.15, 0.2) is 66.7 Å². The van der Waals surface area contributed by atoms with Crippen LogP contribution < -0.4 is 15.4 Å². The minimum atomic E-state index is -0.302. The summed E-state index contributed by atoms with van der Waals surface area (Å²) in [5.74, 6) is 1.73. The Balaban J connectivity index is 1.49. The van der Waals surface area contributed by atoms with Gasteiger partial charge < -0.3 is 15.4 Å². The minimum Gasteiger partial charge on any atom is -0.489 e. The van der Waals surface area contributed by atoms with Gasteiger partial charge >= 0.3 is 0 Å². The van der Waals surface area contributed by atoms with Crippen molar-refractivity contribution in [3.8, 4) is 5.75 Å². The zero-order valence-electron chi connectivity index (χ0n) is 16.8. The van der Waals surface area contributed by atoms with E-state index in [1.807, 2.05) is 42.5 Å². The van der Waals surface area contributed by atoms with Gasteiger partial charge in [-0.05, 0) is 54.3 Å². The van der Waals surface area contributed by atoms with Crippen molar-refractivity contribution in [1.82, 2.24) is 10.2 Å². The SMILES string of the molecule is CC(C)CCNc1ccc(C(=O)Nc2ccc(OCc3ccccc3)cc2)nn1. The van der Waals surface area contributed by atoms with Gasteiger partial charge in [-0.25, -0.2) is 0 Å². The first-order valence-corrected chi connectivity index (χ1v) is 9.76. The molecule has 0 radical (unpaired) electrons. The van der Waals surface area contributed by atoms with Crippen molar-refractivity contribution in [2.24, 2.45) is 5.92 Å². The van der Waals surface area contributed by atoms with Crippen molar-refractivity contribution < 1.29 is 9.53 Å². The molecule has 0 atom stereocenters. The van der Waals surface area contributed by atoms with Gasteiger partial charge in [0.2, 0.25) is 0 Å².